The van der Waals surface area contributed by atoms with Crippen molar-refractivity contribution in [2.24, 2.45) is 5.92 Å². The summed E-state index contributed by atoms with van der Waals surface area (Å²) in [6.45, 7) is 2.34. The van der Waals surface area contributed by atoms with Crippen molar-refractivity contribution < 1.29 is 9.21 Å². The van der Waals surface area contributed by atoms with E-state index in [1.807, 2.05) is 12.1 Å². The van der Waals surface area contributed by atoms with Crippen LogP contribution < -0.4 is 10.9 Å². The molecule has 0 saturated heterocycles. The predicted octanol–water partition coefficient (Wildman–Crippen LogP) is 1.85. The summed E-state index contributed by atoms with van der Waals surface area (Å²) in [4.78, 5) is 28.3. The Bertz CT molecular complexity index is 888. The molecule has 0 spiro atoms. The molecule has 0 saturated carbocycles. The molecule has 1 N–H and O–H groups in total. The van der Waals surface area contributed by atoms with Crippen LogP contribution in [0.1, 0.15) is 12.5 Å². The number of amides is 1. The second-order valence-electron chi connectivity index (χ2n) is 5.70. The van der Waals surface area contributed by atoms with Crippen LogP contribution in [0.3, 0.4) is 0 Å². The first-order valence-electron chi connectivity index (χ1n) is 7.92. The number of rotatable bonds is 6. The molecule has 25 heavy (non-hydrogen) atoms. The number of carbonyl (C=O) groups excluding carboxylic acids is 1. The van der Waals surface area contributed by atoms with Crippen molar-refractivity contribution in [1.29, 1.82) is 0 Å². The van der Waals surface area contributed by atoms with E-state index in [1.54, 1.807) is 43.8 Å². The van der Waals surface area contributed by atoms with Crippen molar-refractivity contribution in [2.75, 3.05) is 0 Å². The summed E-state index contributed by atoms with van der Waals surface area (Å²) in [5.41, 5.74) is 1.20. The molecule has 0 aliphatic heterocycles. The van der Waals surface area contributed by atoms with Gasteiger partial charge in [-0.1, -0.05) is 13.0 Å². The molecule has 0 aliphatic rings. The predicted molar refractivity (Wildman–Crippen MR) is 91.4 cm³/mol. The summed E-state index contributed by atoms with van der Waals surface area (Å²) in [5.74, 6) is 0.0112. The first-order valence-corrected chi connectivity index (χ1v) is 7.92. The summed E-state index contributed by atoms with van der Waals surface area (Å²) < 4.78 is 6.58. The summed E-state index contributed by atoms with van der Waals surface area (Å²) >= 11 is 0. The second kappa shape index (κ2) is 7.57. The Labute approximate surface area is 144 Å². The highest BCUT2D eigenvalue weighted by Crippen LogP contribution is 2.15. The minimum Gasteiger partial charge on any atom is -0.463 e. The molecule has 128 valence electrons. The lowest BCUT2D eigenvalue weighted by molar-refractivity contribution is -0.125. The number of hydrogen-bond acceptors (Lipinski definition) is 5. The van der Waals surface area contributed by atoms with Gasteiger partial charge in [0.15, 0.2) is 5.76 Å². The van der Waals surface area contributed by atoms with Crippen LogP contribution >= 0.6 is 0 Å². The average molecular weight is 338 g/mol. The van der Waals surface area contributed by atoms with Crippen molar-refractivity contribution in [3.05, 3.63) is 71.0 Å². The third-order valence-electron chi connectivity index (χ3n) is 3.72. The molecule has 7 nitrogen and oxygen atoms in total. The minimum absolute atomic E-state index is 0.152. The van der Waals surface area contributed by atoms with Gasteiger partial charge in [0.05, 0.1) is 18.7 Å². The van der Waals surface area contributed by atoms with Crippen LogP contribution in [-0.2, 0) is 17.9 Å². The van der Waals surface area contributed by atoms with Gasteiger partial charge in [-0.25, -0.2) is 4.68 Å². The molecule has 3 aromatic heterocycles. The van der Waals surface area contributed by atoms with Crippen LogP contribution in [0.5, 0.6) is 0 Å². The first kappa shape index (κ1) is 16.6. The van der Waals surface area contributed by atoms with Crippen molar-refractivity contribution in [1.82, 2.24) is 20.1 Å². The third-order valence-corrected chi connectivity index (χ3v) is 3.72. The summed E-state index contributed by atoms with van der Waals surface area (Å²) in [5, 5.41) is 7.12. The fraction of sp³-hybridized carbons (Fsp3) is 0.222. The summed E-state index contributed by atoms with van der Waals surface area (Å²) in [6.07, 6.45) is 4.92. The number of hydrogen-bond donors (Lipinski definition) is 1. The Morgan fingerprint density at radius 3 is 2.88 bits per heavy atom. The van der Waals surface area contributed by atoms with E-state index in [-0.39, 0.29) is 18.0 Å². The SMILES string of the molecule is CC(Cn1nc(-c2ccco2)ccc1=O)C(=O)NCc1cccnc1. The smallest absolute Gasteiger partial charge is 0.266 e. The molecule has 3 rings (SSSR count). The molecule has 7 heteroatoms. The largest absolute Gasteiger partial charge is 0.463 e. The maximum Gasteiger partial charge on any atom is 0.266 e. The van der Waals surface area contributed by atoms with E-state index in [0.717, 1.165) is 5.56 Å². The number of nitrogens with zero attached hydrogens (tertiary/aromatic N) is 3. The van der Waals surface area contributed by atoms with Gasteiger partial charge in [-0.3, -0.25) is 14.6 Å². The van der Waals surface area contributed by atoms with Crippen molar-refractivity contribution in [3.8, 4) is 11.5 Å². The molecule has 3 aromatic rings. The van der Waals surface area contributed by atoms with Gasteiger partial charge in [0.2, 0.25) is 5.91 Å². The highest BCUT2D eigenvalue weighted by atomic mass is 16.3. The fourth-order valence-electron chi connectivity index (χ4n) is 2.34. The lowest BCUT2D eigenvalue weighted by Gasteiger charge is -2.13. The molecule has 0 bridgehead atoms. The lowest BCUT2D eigenvalue weighted by atomic mass is 10.1. The molecule has 1 unspecified atom stereocenters. The van der Waals surface area contributed by atoms with Gasteiger partial charge in [-0.15, -0.1) is 0 Å². The zero-order valence-corrected chi connectivity index (χ0v) is 13.8. The van der Waals surface area contributed by atoms with E-state index in [4.69, 9.17) is 4.42 Å². The van der Waals surface area contributed by atoms with Crippen molar-refractivity contribution in [3.63, 3.8) is 0 Å². The van der Waals surface area contributed by atoms with Crippen LogP contribution in [0.25, 0.3) is 11.5 Å². The van der Waals surface area contributed by atoms with Gasteiger partial charge in [0, 0.05) is 25.0 Å². The normalized spacial score (nSPS) is 11.9. The number of aromatic nitrogens is 3. The first-order chi connectivity index (χ1) is 12.1. The number of carbonyl (C=O) groups is 1. The van der Waals surface area contributed by atoms with Crippen LogP contribution in [0.2, 0.25) is 0 Å². The van der Waals surface area contributed by atoms with Gasteiger partial charge in [-0.05, 0) is 29.8 Å². The van der Waals surface area contributed by atoms with E-state index in [9.17, 15) is 9.59 Å². The Morgan fingerprint density at radius 2 is 2.16 bits per heavy atom. The third kappa shape index (κ3) is 4.20. The number of furan rings is 1. The maximum atomic E-state index is 12.3. The van der Waals surface area contributed by atoms with Gasteiger partial charge >= 0.3 is 0 Å². The Morgan fingerprint density at radius 1 is 1.28 bits per heavy atom. The van der Waals surface area contributed by atoms with E-state index in [0.29, 0.717) is 18.0 Å². The maximum absolute atomic E-state index is 12.3. The number of nitrogens with one attached hydrogen (secondary N) is 1. The Kier molecular flexibility index (Phi) is 5.03. The highest BCUT2D eigenvalue weighted by molar-refractivity contribution is 5.78. The van der Waals surface area contributed by atoms with Crippen LogP contribution in [0, 0.1) is 5.92 Å². The zero-order valence-electron chi connectivity index (χ0n) is 13.8. The molecule has 1 amide bonds. The van der Waals surface area contributed by atoms with E-state index in [1.165, 1.54) is 10.7 Å². The van der Waals surface area contributed by atoms with E-state index >= 15 is 0 Å². The molecule has 3 heterocycles. The zero-order chi connectivity index (χ0) is 17.6. The standard InChI is InChI=1S/C18H18N4O3/c1-13(18(24)20-11-14-4-2-8-19-10-14)12-22-17(23)7-6-15(21-22)16-5-3-9-25-16/h2-10,13H,11-12H2,1H3,(H,20,24). The molecular formula is C18H18N4O3. The quantitative estimate of drug-likeness (QED) is 0.741. The van der Waals surface area contributed by atoms with E-state index < -0.39 is 5.92 Å². The van der Waals surface area contributed by atoms with E-state index in [2.05, 4.69) is 15.4 Å². The molecule has 0 radical (unpaired) electrons. The average Bonchev–Trinajstić information content (AvgIpc) is 3.17. The molecule has 0 aromatic carbocycles. The van der Waals surface area contributed by atoms with Gasteiger partial charge < -0.3 is 9.73 Å². The topological polar surface area (TPSA) is 90.0 Å². The van der Waals surface area contributed by atoms with Gasteiger partial charge in [-0.2, -0.15) is 5.10 Å². The highest BCUT2D eigenvalue weighted by Gasteiger charge is 2.15. The van der Waals surface area contributed by atoms with Crippen LogP contribution in [0.15, 0.2) is 64.3 Å². The van der Waals surface area contributed by atoms with Crippen molar-refractivity contribution in [2.45, 2.75) is 20.0 Å². The van der Waals surface area contributed by atoms with Gasteiger partial charge in [0.1, 0.15) is 5.69 Å². The molecule has 0 fully saturated rings. The Hall–Kier alpha value is -3.22. The second-order valence-corrected chi connectivity index (χ2v) is 5.70. The minimum atomic E-state index is -0.409. The Balaban J connectivity index is 1.66. The molecular weight excluding hydrogens is 320 g/mol. The van der Waals surface area contributed by atoms with Crippen LogP contribution in [-0.4, -0.2) is 20.7 Å². The van der Waals surface area contributed by atoms with Gasteiger partial charge in [0.25, 0.3) is 5.56 Å². The lowest BCUT2D eigenvalue weighted by Crippen LogP contribution is -2.34. The summed E-state index contributed by atoms with van der Waals surface area (Å²) in [6, 6.07) is 10.2. The monoisotopic (exact) mass is 338 g/mol. The number of pyridine rings is 1. The fourth-order valence-corrected chi connectivity index (χ4v) is 2.34. The van der Waals surface area contributed by atoms with Crippen LogP contribution in [0.4, 0.5) is 0 Å². The summed E-state index contributed by atoms with van der Waals surface area (Å²) in [7, 11) is 0. The molecule has 1 atom stereocenters. The van der Waals surface area contributed by atoms with Crippen molar-refractivity contribution >= 4 is 5.91 Å². The molecule has 0 aliphatic carbocycles.